The lowest BCUT2D eigenvalue weighted by atomic mass is 10.2. The third kappa shape index (κ3) is 6.26. The molecule has 1 aliphatic rings. The summed E-state index contributed by atoms with van der Waals surface area (Å²) in [7, 11) is -3.66. The second-order valence-corrected chi connectivity index (χ2v) is 10.1. The van der Waals surface area contributed by atoms with Crippen LogP contribution in [0.2, 0.25) is 10.0 Å². The number of rotatable bonds is 7. The first-order valence-corrected chi connectivity index (χ1v) is 12.1. The maximum absolute atomic E-state index is 12.5. The van der Waals surface area contributed by atoms with Crippen molar-refractivity contribution in [2.45, 2.75) is 24.8 Å². The Balaban J connectivity index is 1.54. The molecular formula is C21H25Cl2N3O4S. The molecule has 1 heterocycles. The highest BCUT2D eigenvalue weighted by Gasteiger charge is 2.22. The van der Waals surface area contributed by atoms with Gasteiger partial charge in [0.1, 0.15) is 5.75 Å². The molecule has 0 atom stereocenters. The Kier molecular flexibility index (Phi) is 7.69. The first-order chi connectivity index (χ1) is 14.7. The van der Waals surface area contributed by atoms with Crippen molar-refractivity contribution >= 4 is 44.8 Å². The van der Waals surface area contributed by atoms with Gasteiger partial charge >= 0.3 is 0 Å². The molecule has 2 aromatic rings. The van der Waals surface area contributed by atoms with Crippen molar-refractivity contribution in [1.82, 2.24) is 9.62 Å². The number of hydrogen-bond acceptors (Lipinski definition) is 5. The average molecular weight is 486 g/mol. The van der Waals surface area contributed by atoms with Crippen LogP contribution in [-0.4, -0.2) is 58.1 Å². The van der Waals surface area contributed by atoms with Gasteiger partial charge in [-0.3, -0.25) is 4.79 Å². The lowest BCUT2D eigenvalue weighted by Crippen LogP contribution is -2.50. The molecule has 7 nitrogen and oxygen atoms in total. The zero-order valence-corrected chi connectivity index (χ0v) is 19.7. The summed E-state index contributed by atoms with van der Waals surface area (Å²) in [6.45, 7) is 5.83. The van der Waals surface area contributed by atoms with E-state index in [1.54, 1.807) is 18.7 Å². The summed E-state index contributed by atoms with van der Waals surface area (Å²) >= 11 is 12.2. The summed E-state index contributed by atoms with van der Waals surface area (Å²) in [5.41, 5.74) is 1.03. The lowest BCUT2D eigenvalue weighted by Gasteiger charge is -2.36. The van der Waals surface area contributed by atoms with Crippen LogP contribution >= 0.6 is 23.2 Å². The molecule has 1 fully saturated rings. The maximum atomic E-state index is 12.5. The SMILES string of the molecule is CC(C)NS(=O)(=O)c1ccc(OCC(=O)N2CCN(c3cccc(Cl)c3)CC2)c(Cl)c1. The Bertz CT molecular complexity index is 1040. The van der Waals surface area contributed by atoms with Crippen molar-refractivity contribution in [2.75, 3.05) is 37.7 Å². The number of halogens is 2. The van der Waals surface area contributed by atoms with Gasteiger partial charge in [0.15, 0.2) is 6.61 Å². The molecule has 1 amide bonds. The molecule has 0 unspecified atom stereocenters. The van der Waals surface area contributed by atoms with Gasteiger partial charge in [0.05, 0.1) is 9.92 Å². The van der Waals surface area contributed by atoms with Crippen LogP contribution in [0, 0.1) is 0 Å². The number of nitrogens with one attached hydrogen (secondary N) is 1. The van der Waals surface area contributed by atoms with Crippen LogP contribution in [-0.2, 0) is 14.8 Å². The molecule has 0 spiro atoms. The predicted molar refractivity (Wildman–Crippen MR) is 123 cm³/mol. The van der Waals surface area contributed by atoms with Crippen molar-refractivity contribution in [3.05, 3.63) is 52.5 Å². The number of benzene rings is 2. The number of hydrogen-bond donors (Lipinski definition) is 1. The van der Waals surface area contributed by atoms with Crippen LogP contribution in [0.15, 0.2) is 47.4 Å². The molecule has 168 valence electrons. The molecule has 1 aliphatic heterocycles. The van der Waals surface area contributed by atoms with Crippen LogP contribution in [0.1, 0.15) is 13.8 Å². The molecular weight excluding hydrogens is 461 g/mol. The molecule has 0 aromatic heterocycles. The number of piperazine rings is 1. The maximum Gasteiger partial charge on any atom is 0.260 e. The van der Waals surface area contributed by atoms with E-state index in [0.717, 1.165) is 5.69 Å². The number of ether oxygens (including phenoxy) is 1. The second kappa shape index (κ2) is 10.1. The number of amides is 1. The number of anilines is 1. The van der Waals surface area contributed by atoms with Crippen LogP contribution in [0.4, 0.5) is 5.69 Å². The monoisotopic (exact) mass is 485 g/mol. The molecule has 0 aliphatic carbocycles. The summed E-state index contributed by atoms with van der Waals surface area (Å²) in [5, 5.41) is 0.810. The fourth-order valence-electron chi connectivity index (χ4n) is 3.26. The van der Waals surface area contributed by atoms with Crippen molar-refractivity contribution in [3.63, 3.8) is 0 Å². The van der Waals surface area contributed by atoms with Gasteiger partial charge in [-0.2, -0.15) is 0 Å². The van der Waals surface area contributed by atoms with E-state index < -0.39 is 10.0 Å². The molecule has 0 radical (unpaired) electrons. The molecule has 0 bridgehead atoms. The quantitative estimate of drug-likeness (QED) is 0.649. The smallest absolute Gasteiger partial charge is 0.260 e. The average Bonchev–Trinajstić information content (AvgIpc) is 2.72. The van der Waals surface area contributed by atoms with Crippen molar-refractivity contribution in [1.29, 1.82) is 0 Å². The predicted octanol–water partition coefficient (Wildman–Crippen LogP) is 3.41. The lowest BCUT2D eigenvalue weighted by molar-refractivity contribution is -0.133. The van der Waals surface area contributed by atoms with Gasteiger partial charge < -0.3 is 14.5 Å². The molecule has 3 rings (SSSR count). The number of sulfonamides is 1. The third-order valence-electron chi connectivity index (χ3n) is 4.76. The van der Waals surface area contributed by atoms with Crippen LogP contribution in [0.25, 0.3) is 0 Å². The van der Waals surface area contributed by atoms with Crippen LogP contribution in [0.3, 0.4) is 0 Å². The van der Waals surface area contributed by atoms with E-state index in [-0.39, 0.29) is 34.2 Å². The first kappa shape index (κ1) is 23.7. The van der Waals surface area contributed by atoms with E-state index in [0.29, 0.717) is 31.2 Å². The number of carbonyl (C=O) groups excluding carboxylic acids is 1. The summed E-state index contributed by atoms with van der Waals surface area (Å²) in [5.74, 6) is 0.107. The summed E-state index contributed by atoms with van der Waals surface area (Å²) < 4.78 is 32.5. The van der Waals surface area contributed by atoms with Gasteiger partial charge in [0.2, 0.25) is 10.0 Å². The van der Waals surface area contributed by atoms with E-state index >= 15 is 0 Å². The van der Waals surface area contributed by atoms with Gasteiger partial charge in [0.25, 0.3) is 5.91 Å². The number of carbonyl (C=O) groups is 1. The highest BCUT2D eigenvalue weighted by molar-refractivity contribution is 7.89. The third-order valence-corrected chi connectivity index (χ3v) is 6.95. The van der Waals surface area contributed by atoms with Gasteiger partial charge in [0, 0.05) is 42.9 Å². The highest BCUT2D eigenvalue weighted by atomic mass is 35.5. The van der Waals surface area contributed by atoms with Gasteiger partial charge in [-0.15, -0.1) is 0 Å². The Hall–Kier alpha value is -2.00. The first-order valence-electron chi connectivity index (χ1n) is 9.88. The van der Waals surface area contributed by atoms with E-state index in [1.807, 2.05) is 24.3 Å². The normalized spacial score (nSPS) is 14.7. The van der Waals surface area contributed by atoms with Crippen LogP contribution < -0.4 is 14.4 Å². The largest absolute Gasteiger partial charge is 0.482 e. The van der Waals surface area contributed by atoms with Gasteiger partial charge in [-0.25, -0.2) is 13.1 Å². The fraction of sp³-hybridized carbons (Fsp3) is 0.381. The summed E-state index contributed by atoms with van der Waals surface area (Å²) in [6.07, 6.45) is 0. The van der Waals surface area contributed by atoms with Crippen molar-refractivity contribution in [3.8, 4) is 5.75 Å². The van der Waals surface area contributed by atoms with E-state index in [4.69, 9.17) is 27.9 Å². The standard InChI is InChI=1S/C21H25Cl2N3O4S/c1-15(2)24-31(28,29)18-6-7-20(19(23)13-18)30-14-21(27)26-10-8-25(9-11-26)17-5-3-4-16(22)12-17/h3-7,12-13,15,24H,8-11,14H2,1-2H3. The minimum atomic E-state index is -3.66. The zero-order chi connectivity index (χ0) is 22.6. The Labute approximate surface area is 192 Å². The molecule has 10 heteroatoms. The second-order valence-electron chi connectivity index (χ2n) is 7.50. The minimum absolute atomic E-state index is 0.0435. The topological polar surface area (TPSA) is 78.9 Å². The van der Waals surface area contributed by atoms with Crippen molar-refractivity contribution < 1.29 is 17.9 Å². The van der Waals surface area contributed by atoms with E-state index in [2.05, 4.69) is 9.62 Å². The Morgan fingerprint density at radius 3 is 2.42 bits per heavy atom. The molecule has 0 saturated carbocycles. The summed E-state index contributed by atoms with van der Waals surface area (Å²) in [6, 6.07) is 11.6. The van der Waals surface area contributed by atoms with Crippen molar-refractivity contribution in [2.24, 2.45) is 0 Å². The fourth-order valence-corrected chi connectivity index (χ4v) is 5.02. The van der Waals surface area contributed by atoms with Crippen LogP contribution in [0.5, 0.6) is 5.75 Å². The molecule has 2 aromatic carbocycles. The zero-order valence-electron chi connectivity index (χ0n) is 17.3. The Morgan fingerprint density at radius 1 is 1.10 bits per heavy atom. The highest BCUT2D eigenvalue weighted by Crippen LogP contribution is 2.27. The van der Waals surface area contributed by atoms with E-state index in [9.17, 15) is 13.2 Å². The molecule has 31 heavy (non-hydrogen) atoms. The molecule has 1 N–H and O–H groups in total. The van der Waals surface area contributed by atoms with Gasteiger partial charge in [-0.05, 0) is 50.2 Å². The minimum Gasteiger partial charge on any atom is -0.482 e. The number of nitrogens with zero attached hydrogens (tertiary/aromatic N) is 2. The van der Waals surface area contributed by atoms with Gasteiger partial charge in [-0.1, -0.05) is 29.3 Å². The molecule has 1 saturated heterocycles. The van der Waals surface area contributed by atoms with E-state index in [1.165, 1.54) is 18.2 Å². The Morgan fingerprint density at radius 2 is 1.81 bits per heavy atom. The summed E-state index contributed by atoms with van der Waals surface area (Å²) in [4.78, 5) is 16.5.